The van der Waals surface area contributed by atoms with Crippen molar-refractivity contribution in [3.05, 3.63) is 16.1 Å². The van der Waals surface area contributed by atoms with Gasteiger partial charge in [-0.25, -0.2) is 4.98 Å². The molecule has 0 bridgehead atoms. The highest BCUT2D eigenvalue weighted by atomic mass is 32.1. The van der Waals surface area contributed by atoms with Gasteiger partial charge >= 0.3 is 0 Å². The molecule has 0 aliphatic rings. The number of aliphatic hydroxyl groups is 1. The van der Waals surface area contributed by atoms with Crippen molar-refractivity contribution in [2.24, 2.45) is 0 Å². The summed E-state index contributed by atoms with van der Waals surface area (Å²) in [4.78, 5) is 5.39. The van der Waals surface area contributed by atoms with Crippen LogP contribution in [0.3, 0.4) is 0 Å². The molecule has 1 atom stereocenters. The van der Waals surface area contributed by atoms with Crippen LogP contribution in [0.15, 0.2) is 6.20 Å². The molecule has 0 amide bonds. The minimum Gasteiger partial charge on any atom is -0.392 e. The monoisotopic (exact) mass is 214 g/mol. The van der Waals surface area contributed by atoms with Crippen molar-refractivity contribution in [2.45, 2.75) is 39.3 Å². The van der Waals surface area contributed by atoms with Crippen LogP contribution in [0.5, 0.6) is 0 Å². The van der Waals surface area contributed by atoms with Crippen molar-refractivity contribution < 1.29 is 5.11 Å². The quantitative estimate of drug-likeness (QED) is 0.757. The SMILES string of the molecule is CCCC(O)CNCc1cnc(C)s1. The van der Waals surface area contributed by atoms with Crippen molar-refractivity contribution in [3.63, 3.8) is 0 Å². The lowest BCUT2D eigenvalue weighted by molar-refractivity contribution is 0.160. The number of nitrogens with one attached hydrogen (secondary N) is 1. The van der Waals surface area contributed by atoms with Gasteiger partial charge in [0.05, 0.1) is 11.1 Å². The summed E-state index contributed by atoms with van der Waals surface area (Å²) in [6.45, 7) is 5.56. The number of nitrogens with zero attached hydrogens (tertiary/aromatic N) is 1. The Bertz CT molecular complexity index is 262. The van der Waals surface area contributed by atoms with E-state index >= 15 is 0 Å². The van der Waals surface area contributed by atoms with Gasteiger partial charge in [0.15, 0.2) is 0 Å². The second-order valence-electron chi connectivity index (χ2n) is 3.42. The molecule has 0 saturated heterocycles. The summed E-state index contributed by atoms with van der Waals surface area (Å²) in [5.74, 6) is 0. The van der Waals surface area contributed by atoms with Crippen LogP contribution < -0.4 is 5.32 Å². The third-order valence-corrected chi connectivity index (χ3v) is 2.88. The van der Waals surface area contributed by atoms with E-state index in [4.69, 9.17) is 0 Å². The van der Waals surface area contributed by atoms with E-state index in [1.165, 1.54) is 4.88 Å². The average Bonchev–Trinajstić information content (AvgIpc) is 2.52. The van der Waals surface area contributed by atoms with E-state index < -0.39 is 0 Å². The number of rotatable bonds is 6. The van der Waals surface area contributed by atoms with Gasteiger partial charge < -0.3 is 10.4 Å². The van der Waals surface area contributed by atoms with E-state index in [1.807, 2.05) is 13.1 Å². The summed E-state index contributed by atoms with van der Waals surface area (Å²) < 4.78 is 0. The van der Waals surface area contributed by atoms with Crippen molar-refractivity contribution in [1.82, 2.24) is 10.3 Å². The van der Waals surface area contributed by atoms with Gasteiger partial charge in [-0.1, -0.05) is 13.3 Å². The highest BCUT2D eigenvalue weighted by Crippen LogP contribution is 2.10. The Morgan fingerprint density at radius 2 is 2.43 bits per heavy atom. The molecule has 80 valence electrons. The Morgan fingerprint density at radius 3 is 3.00 bits per heavy atom. The highest BCUT2D eigenvalue weighted by Gasteiger charge is 2.02. The summed E-state index contributed by atoms with van der Waals surface area (Å²) >= 11 is 1.70. The summed E-state index contributed by atoms with van der Waals surface area (Å²) in [5.41, 5.74) is 0. The molecular weight excluding hydrogens is 196 g/mol. The number of thiazole rings is 1. The highest BCUT2D eigenvalue weighted by molar-refractivity contribution is 7.11. The van der Waals surface area contributed by atoms with E-state index in [9.17, 15) is 5.11 Å². The van der Waals surface area contributed by atoms with Gasteiger partial charge in [0.1, 0.15) is 0 Å². The molecule has 2 N–H and O–H groups in total. The number of hydrogen-bond donors (Lipinski definition) is 2. The maximum atomic E-state index is 9.46. The lowest BCUT2D eigenvalue weighted by Crippen LogP contribution is -2.25. The van der Waals surface area contributed by atoms with Crippen LogP contribution in [0.2, 0.25) is 0 Å². The number of hydrogen-bond acceptors (Lipinski definition) is 4. The molecule has 0 aromatic carbocycles. The minimum absolute atomic E-state index is 0.214. The fourth-order valence-electron chi connectivity index (χ4n) is 1.28. The predicted octanol–water partition coefficient (Wildman–Crippen LogP) is 1.70. The Labute approximate surface area is 89.2 Å². The molecule has 1 heterocycles. The van der Waals surface area contributed by atoms with Crippen LogP contribution in [0.25, 0.3) is 0 Å². The van der Waals surface area contributed by atoms with Crippen LogP contribution in [-0.2, 0) is 6.54 Å². The van der Waals surface area contributed by atoms with E-state index in [1.54, 1.807) is 11.3 Å². The molecule has 14 heavy (non-hydrogen) atoms. The van der Waals surface area contributed by atoms with Gasteiger partial charge in [-0.2, -0.15) is 0 Å². The molecule has 1 aromatic rings. The second kappa shape index (κ2) is 6.11. The van der Waals surface area contributed by atoms with E-state index in [-0.39, 0.29) is 6.10 Å². The summed E-state index contributed by atoms with van der Waals surface area (Å²) in [6.07, 6.45) is 3.57. The van der Waals surface area contributed by atoms with Gasteiger partial charge in [-0.3, -0.25) is 0 Å². The van der Waals surface area contributed by atoms with E-state index in [0.717, 1.165) is 24.4 Å². The van der Waals surface area contributed by atoms with Crippen molar-refractivity contribution in [2.75, 3.05) is 6.54 Å². The van der Waals surface area contributed by atoms with Gasteiger partial charge in [0.2, 0.25) is 0 Å². The normalized spacial score (nSPS) is 13.1. The zero-order valence-corrected chi connectivity index (χ0v) is 9.60. The topological polar surface area (TPSA) is 45.1 Å². The zero-order chi connectivity index (χ0) is 10.4. The third-order valence-electron chi connectivity index (χ3n) is 1.97. The first-order valence-corrected chi connectivity index (χ1v) is 5.84. The van der Waals surface area contributed by atoms with Crippen molar-refractivity contribution >= 4 is 11.3 Å². The molecule has 4 heteroatoms. The molecular formula is C10H18N2OS. The fraction of sp³-hybridized carbons (Fsp3) is 0.700. The Kier molecular flexibility index (Phi) is 5.07. The van der Waals surface area contributed by atoms with Crippen LogP contribution in [0, 0.1) is 6.92 Å². The van der Waals surface area contributed by atoms with Crippen LogP contribution in [0.1, 0.15) is 29.7 Å². The lowest BCUT2D eigenvalue weighted by atomic mass is 10.2. The summed E-state index contributed by atoms with van der Waals surface area (Å²) in [6, 6.07) is 0. The molecule has 0 aliphatic heterocycles. The smallest absolute Gasteiger partial charge is 0.0897 e. The van der Waals surface area contributed by atoms with Crippen LogP contribution >= 0.6 is 11.3 Å². The number of aryl methyl sites for hydroxylation is 1. The molecule has 0 saturated carbocycles. The molecule has 1 rings (SSSR count). The predicted molar refractivity (Wildman–Crippen MR) is 59.5 cm³/mol. The van der Waals surface area contributed by atoms with Crippen LogP contribution in [-0.4, -0.2) is 22.7 Å². The zero-order valence-electron chi connectivity index (χ0n) is 8.79. The van der Waals surface area contributed by atoms with Gasteiger partial charge in [0, 0.05) is 24.2 Å². The minimum atomic E-state index is -0.214. The number of aromatic nitrogens is 1. The largest absolute Gasteiger partial charge is 0.392 e. The van der Waals surface area contributed by atoms with Crippen molar-refractivity contribution in [3.8, 4) is 0 Å². The van der Waals surface area contributed by atoms with Crippen LogP contribution in [0.4, 0.5) is 0 Å². The van der Waals surface area contributed by atoms with Gasteiger partial charge in [0.25, 0.3) is 0 Å². The molecule has 3 nitrogen and oxygen atoms in total. The van der Waals surface area contributed by atoms with E-state index in [2.05, 4.69) is 17.2 Å². The van der Waals surface area contributed by atoms with Gasteiger partial charge in [-0.05, 0) is 13.3 Å². The third kappa shape index (κ3) is 4.17. The first-order valence-electron chi connectivity index (χ1n) is 5.02. The maximum absolute atomic E-state index is 9.46. The lowest BCUT2D eigenvalue weighted by Gasteiger charge is -2.09. The number of aliphatic hydroxyl groups excluding tert-OH is 1. The molecule has 0 fully saturated rings. The Balaban J connectivity index is 2.15. The first-order chi connectivity index (χ1) is 6.72. The summed E-state index contributed by atoms with van der Waals surface area (Å²) in [7, 11) is 0. The molecule has 1 aromatic heterocycles. The summed E-state index contributed by atoms with van der Waals surface area (Å²) in [5, 5.41) is 13.8. The molecule has 0 radical (unpaired) electrons. The standard InChI is InChI=1S/C10H18N2OS/c1-3-4-9(13)5-11-6-10-7-12-8(2)14-10/h7,9,11,13H,3-6H2,1-2H3. The first kappa shape index (κ1) is 11.6. The van der Waals surface area contributed by atoms with E-state index in [0.29, 0.717) is 6.54 Å². The average molecular weight is 214 g/mol. The maximum Gasteiger partial charge on any atom is 0.0897 e. The van der Waals surface area contributed by atoms with Gasteiger partial charge in [-0.15, -0.1) is 11.3 Å². The molecule has 0 aliphatic carbocycles. The fourth-order valence-corrected chi connectivity index (χ4v) is 2.05. The molecule has 1 unspecified atom stereocenters. The second-order valence-corrected chi connectivity index (χ2v) is 4.74. The Hall–Kier alpha value is -0.450. The van der Waals surface area contributed by atoms with Crippen molar-refractivity contribution in [1.29, 1.82) is 0 Å². The Morgan fingerprint density at radius 1 is 1.64 bits per heavy atom. The molecule has 0 spiro atoms.